The summed E-state index contributed by atoms with van der Waals surface area (Å²) < 4.78 is 12.4. The molecule has 3 saturated heterocycles. The van der Waals surface area contributed by atoms with Crippen molar-refractivity contribution in [1.29, 1.82) is 0 Å². The van der Waals surface area contributed by atoms with Gasteiger partial charge in [-0.2, -0.15) is 0 Å². The predicted octanol–water partition coefficient (Wildman–Crippen LogP) is 3.48. The monoisotopic (exact) mass is 518 g/mol. The molecule has 208 valence electrons. The van der Waals surface area contributed by atoms with Gasteiger partial charge in [-0.25, -0.2) is 0 Å². The largest absolute Gasteiger partial charge is 0.465 e. The van der Waals surface area contributed by atoms with Crippen molar-refractivity contribution in [2.24, 2.45) is 17.8 Å². The number of carbonyl (C=O) groups is 3. The fourth-order valence-corrected chi connectivity index (χ4v) is 6.68. The molecule has 0 saturated carbocycles. The summed E-state index contributed by atoms with van der Waals surface area (Å²) in [6.07, 6.45) is 9.75. The predicted molar refractivity (Wildman–Crippen MR) is 141 cm³/mol. The number of rotatable bonds is 16. The molecule has 3 aliphatic rings. The van der Waals surface area contributed by atoms with E-state index in [9.17, 15) is 19.5 Å². The van der Waals surface area contributed by atoms with Crippen molar-refractivity contribution in [3.8, 4) is 0 Å². The first-order chi connectivity index (χ1) is 17.7. The van der Waals surface area contributed by atoms with Crippen LogP contribution in [0.15, 0.2) is 25.3 Å². The van der Waals surface area contributed by atoms with Crippen LogP contribution in [0.3, 0.4) is 0 Å². The zero-order valence-electron chi connectivity index (χ0n) is 23.0. The van der Waals surface area contributed by atoms with Crippen LogP contribution in [0.4, 0.5) is 0 Å². The molecule has 0 aromatic rings. The molecular formula is C29H46N2O6. The molecule has 0 aromatic carbocycles. The van der Waals surface area contributed by atoms with Crippen molar-refractivity contribution in [1.82, 2.24) is 9.80 Å². The summed E-state index contributed by atoms with van der Waals surface area (Å²) >= 11 is 0. The Bertz CT molecular complexity index is 861. The number of aliphatic hydroxyl groups is 1. The lowest BCUT2D eigenvalue weighted by Crippen LogP contribution is -2.56. The van der Waals surface area contributed by atoms with E-state index in [1.54, 1.807) is 15.9 Å². The summed E-state index contributed by atoms with van der Waals surface area (Å²) in [5, 5.41) is 9.53. The van der Waals surface area contributed by atoms with Gasteiger partial charge in [0.15, 0.2) is 0 Å². The minimum absolute atomic E-state index is 0.0316. The van der Waals surface area contributed by atoms with Crippen LogP contribution >= 0.6 is 0 Å². The number of esters is 1. The normalized spacial score (nSPS) is 31.9. The fourth-order valence-electron chi connectivity index (χ4n) is 6.68. The Kier molecular flexibility index (Phi) is 9.98. The first-order valence-corrected chi connectivity index (χ1v) is 14.0. The van der Waals surface area contributed by atoms with Crippen molar-refractivity contribution in [3.63, 3.8) is 0 Å². The van der Waals surface area contributed by atoms with E-state index in [0.29, 0.717) is 25.9 Å². The molecule has 8 nitrogen and oxygen atoms in total. The second-order valence-corrected chi connectivity index (χ2v) is 11.0. The van der Waals surface area contributed by atoms with E-state index in [-0.39, 0.29) is 37.5 Å². The number of hydrogen-bond acceptors (Lipinski definition) is 6. The Morgan fingerprint density at radius 1 is 1.22 bits per heavy atom. The van der Waals surface area contributed by atoms with Gasteiger partial charge in [-0.1, -0.05) is 38.8 Å². The number of carbonyl (C=O) groups excluding carboxylic acids is 3. The number of fused-ring (bicyclic) bond motifs is 1. The van der Waals surface area contributed by atoms with E-state index in [2.05, 4.69) is 20.1 Å². The Balaban J connectivity index is 1.94. The van der Waals surface area contributed by atoms with Crippen LogP contribution in [0.1, 0.15) is 72.1 Å². The van der Waals surface area contributed by atoms with Crippen LogP contribution in [0.2, 0.25) is 0 Å². The van der Waals surface area contributed by atoms with Gasteiger partial charge in [0, 0.05) is 26.2 Å². The molecule has 2 bridgehead atoms. The number of hydrogen-bond donors (Lipinski definition) is 1. The van der Waals surface area contributed by atoms with Gasteiger partial charge in [-0.05, 0) is 51.4 Å². The Morgan fingerprint density at radius 3 is 2.62 bits per heavy atom. The molecular weight excluding hydrogens is 472 g/mol. The second kappa shape index (κ2) is 12.6. The smallest absolute Gasteiger partial charge is 0.312 e. The maximum atomic E-state index is 14.2. The van der Waals surface area contributed by atoms with Crippen LogP contribution in [0, 0.1) is 17.8 Å². The van der Waals surface area contributed by atoms with Gasteiger partial charge in [0.2, 0.25) is 11.8 Å². The lowest BCUT2D eigenvalue weighted by Gasteiger charge is -2.37. The van der Waals surface area contributed by atoms with Crippen molar-refractivity contribution < 1.29 is 29.0 Å². The van der Waals surface area contributed by atoms with Gasteiger partial charge in [0.25, 0.3) is 0 Å². The lowest BCUT2D eigenvalue weighted by atomic mass is 9.62. The van der Waals surface area contributed by atoms with Crippen LogP contribution in [0.25, 0.3) is 0 Å². The molecule has 3 rings (SSSR count). The number of aliphatic hydroxyl groups excluding tert-OH is 1. The Hall–Kier alpha value is -2.19. The molecule has 0 radical (unpaired) electrons. The number of unbranched alkanes of at least 4 members (excludes halogenated alkanes) is 4. The Labute approximate surface area is 222 Å². The highest BCUT2D eigenvalue weighted by molar-refractivity contribution is 5.98. The van der Waals surface area contributed by atoms with Crippen molar-refractivity contribution in [3.05, 3.63) is 25.3 Å². The lowest BCUT2D eigenvalue weighted by molar-refractivity contribution is -0.162. The molecule has 0 aromatic heterocycles. The van der Waals surface area contributed by atoms with Gasteiger partial charge in [0.1, 0.15) is 17.6 Å². The third-order valence-corrected chi connectivity index (χ3v) is 8.60. The highest BCUT2D eigenvalue weighted by Gasteiger charge is 2.80. The minimum Gasteiger partial charge on any atom is -0.465 e. The highest BCUT2D eigenvalue weighted by atomic mass is 16.6. The molecule has 3 fully saturated rings. The Morgan fingerprint density at radius 2 is 1.97 bits per heavy atom. The topological polar surface area (TPSA) is 96.4 Å². The van der Waals surface area contributed by atoms with E-state index in [1.165, 1.54) is 0 Å². The second-order valence-electron chi connectivity index (χ2n) is 11.0. The first kappa shape index (κ1) is 29.4. The molecule has 1 spiro atoms. The van der Waals surface area contributed by atoms with E-state index in [1.807, 2.05) is 19.9 Å². The molecule has 3 unspecified atom stereocenters. The molecule has 3 aliphatic heterocycles. The SMILES string of the molecule is C=CCCCCOC(=O)[C@@H]1[C@H]2C(=O)N(CCCO)C(C(=O)N(CC=C)CCCCC)C23CC(C)[C@@]1(C)O3. The maximum absolute atomic E-state index is 14.2. The van der Waals surface area contributed by atoms with E-state index in [4.69, 9.17) is 9.47 Å². The van der Waals surface area contributed by atoms with E-state index < -0.39 is 35.0 Å². The first-order valence-electron chi connectivity index (χ1n) is 14.0. The minimum atomic E-state index is -1.09. The maximum Gasteiger partial charge on any atom is 0.312 e. The zero-order chi connectivity index (χ0) is 27.2. The van der Waals surface area contributed by atoms with Crippen molar-refractivity contribution in [2.45, 2.75) is 89.4 Å². The summed E-state index contributed by atoms with van der Waals surface area (Å²) in [6, 6.07) is -0.840. The van der Waals surface area contributed by atoms with Crippen LogP contribution in [-0.2, 0) is 23.9 Å². The van der Waals surface area contributed by atoms with Gasteiger partial charge < -0.3 is 24.4 Å². The standard InChI is InChI=1S/C29H46N2O6/c1-6-9-11-13-19-36-27(35)23-22-25(33)31(17-14-18-32)24(29(22)20-21(4)28(23,5)37-29)26(34)30(15-8-3)16-12-10-7-2/h6,8,21-24,32H,1,3,7,9-20H2,2,4-5H3/t21?,22-,23-,24?,28+,29?/m0/s1. The highest BCUT2D eigenvalue weighted by Crippen LogP contribution is 2.65. The average molecular weight is 519 g/mol. The molecule has 0 aliphatic carbocycles. The number of amides is 2. The van der Waals surface area contributed by atoms with Gasteiger partial charge in [-0.3, -0.25) is 14.4 Å². The van der Waals surface area contributed by atoms with Gasteiger partial charge >= 0.3 is 5.97 Å². The van der Waals surface area contributed by atoms with Gasteiger partial charge in [-0.15, -0.1) is 13.2 Å². The third kappa shape index (κ3) is 5.37. The molecule has 3 heterocycles. The summed E-state index contributed by atoms with van der Waals surface area (Å²) in [4.78, 5) is 44.9. The quantitative estimate of drug-likeness (QED) is 0.191. The molecule has 6 atom stereocenters. The molecule has 8 heteroatoms. The van der Waals surface area contributed by atoms with Crippen molar-refractivity contribution >= 4 is 17.8 Å². The molecule has 1 N–H and O–H groups in total. The average Bonchev–Trinajstić information content (AvgIpc) is 3.38. The van der Waals surface area contributed by atoms with E-state index in [0.717, 1.165) is 38.5 Å². The van der Waals surface area contributed by atoms with Gasteiger partial charge in [0.05, 0.1) is 18.1 Å². The number of ether oxygens (including phenoxy) is 2. The fraction of sp³-hybridized carbons (Fsp3) is 0.759. The van der Waals surface area contributed by atoms with Crippen LogP contribution in [-0.4, -0.2) is 82.8 Å². The third-order valence-electron chi connectivity index (χ3n) is 8.60. The summed E-state index contributed by atoms with van der Waals surface area (Å²) in [5.74, 6) is -2.42. The number of likely N-dealkylation sites (tertiary alicyclic amines) is 1. The van der Waals surface area contributed by atoms with Crippen molar-refractivity contribution in [2.75, 3.05) is 32.8 Å². The zero-order valence-corrected chi connectivity index (χ0v) is 23.0. The molecule has 2 amide bonds. The summed E-state index contributed by atoms with van der Waals surface area (Å²) in [5.41, 5.74) is -1.97. The summed E-state index contributed by atoms with van der Waals surface area (Å²) in [7, 11) is 0. The van der Waals surface area contributed by atoms with E-state index >= 15 is 0 Å². The van der Waals surface area contributed by atoms with Crippen LogP contribution in [0.5, 0.6) is 0 Å². The number of nitrogens with zero attached hydrogens (tertiary/aromatic N) is 2. The van der Waals surface area contributed by atoms with Crippen LogP contribution < -0.4 is 0 Å². The summed E-state index contributed by atoms with van der Waals surface area (Å²) in [6.45, 7) is 15.0. The number of allylic oxidation sites excluding steroid dienone is 1. The molecule has 37 heavy (non-hydrogen) atoms.